The minimum atomic E-state index is -0.480. The molecular formula is C30H29N5O3. The predicted molar refractivity (Wildman–Crippen MR) is 147 cm³/mol. The van der Waals surface area contributed by atoms with E-state index in [1.165, 1.54) is 23.3 Å². The van der Waals surface area contributed by atoms with Crippen molar-refractivity contribution in [3.63, 3.8) is 0 Å². The van der Waals surface area contributed by atoms with Crippen molar-refractivity contribution in [3.05, 3.63) is 117 Å². The first-order chi connectivity index (χ1) is 18.4. The van der Waals surface area contributed by atoms with E-state index in [-0.39, 0.29) is 11.6 Å². The molecule has 3 aromatic carbocycles. The van der Waals surface area contributed by atoms with E-state index in [0.717, 1.165) is 22.6 Å². The number of hydrogen-bond acceptors (Lipinski definition) is 6. The minimum Gasteiger partial charge on any atom is -0.353 e. The van der Waals surface area contributed by atoms with Gasteiger partial charge in [-0.1, -0.05) is 66.2 Å². The summed E-state index contributed by atoms with van der Waals surface area (Å²) in [6, 6.07) is 24.3. The highest BCUT2D eigenvalue weighted by Gasteiger charge is 2.26. The maximum Gasteiger partial charge on any atom is 0.270 e. The van der Waals surface area contributed by atoms with Crippen molar-refractivity contribution in [1.29, 1.82) is 0 Å². The highest BCUT2D eigenvalue weighted by Crippen LogP contribution is 2.29. The second kappa shape index (κ2) is 10.8. The molecule has 1 fully saturated rings. The van der Waals surface area contributed by atoms with Crippen molar-refractivity contribution in [2.45, 2.75) is 20.3 Å². The van der Waals surface area contributed by atoms with E-state index < -0.39 is 4.92 Å². The van der Waals surface area contributed by atoms with Crippen LogP contribution >= 0.6 is 0 Å². The van der Waals surface area contributed by atoms with Crippen molar-refractivity contribution in [2.24, 2.45) is 0 Å². The molecule has 0 spiro atoms. The quantitative estimate of drug-likeness (QED) is 0.262. The van der Waals surface area contributed by atoms with Crippen LogP contribution in [0.3, 0.4) is 0 Å². The lowest BCUT2D eigenvalue weighted by atomic mass is 10.0. The number of nitro benzene ring substituents is 1. The molecule has 4 aromatic rings. The fraction of sp³-hybridized carbons (Fsp3) is 0.233. The third kappa shape index (κ3) is 5.39. The molecule has 0 radical (unpaired) electrons. The van der Waals surface area contributed by atoms with Crippen LogP contribution in [0.25, 0.3) is 11.4 Å². The summed E-state index contributed by atoms with van der Waals surface area (Å²) in [5, 5.41) is 11.2. The van der Waals surface area contributed by atoms with Gasteiger partial charge in [-0.2, -0.15) is 0 Å². The average Bonchev–Trinajstić information content (AvgIpc) is 2.94. The summed E-state index contributed by atoms with van der Waals surface area (Å²) >= 11 is 0. The second-order valence-corrected chi connectivity index (χ2v) is 9.55. The van der Waals surface area contributed by atoms with Gasteiger partial charge < -0.3 is 9.80 Å². The lowest BCUT2D eigenvalue weighted by Crippen LogP contribution is -2.49. The number of nitro groups is 1. The van der Waals surface area contributed by atoms with Crippen LogP contribution in [0.15, 0.2) is 78.9 Å². The molecule has 1 amide bonds. The van der Waals surface area contributed by atoms with Crippen molar-refractivity contribution >= 4 is 17.4 Å². The van der Waals surface area contributed by atoms with Gasteiger partial charge in [0.1, 0.15) is 5.82 Å². The average molecular weight is 508 g/mol. The summed E-state index contributed by atoms with van der Waals surface area (Å²) < 4.78 is 0. The molecule has 38 heavy (non-hydrogen) atoms. The second-order valence-electron chi connectivity index (χ2n) is 9.55. The van der Waals surface area contributed by atoms with Crippen molar-refractivity contribution in [2.75, 3.05) is 31.1 Å². The van der Waals surface area contributed by atoms with Gasteiger partial charge in [0.15, 0.2) is 5.82 Å². The number of carbonyl (C=O) groups is 1. The molecule has 192 valence electrons. The molecule has 1 aliphatic rings. The van der Waals surface area contributed by atoms with E-state index in [2.05, 4.69) is 36.1 Å². The third-order valence-electron chi connectivity index (χ3n) is 6.86. The van der Waals surface area contributed by atoms with Crippen molar-refractivity contribution in [3.8, 4) is 11.4 Å². The number of aromatic nitrogens is 2. The number of carbonyl (C=O) groups excluding carboxylic acids is 1. The molecule has 0 atom stereocenters. The summed E-state index contributed by atoms with van der Waals surface area (Å²) in [6.07, 6.45) is 0.713. The highest BCUT2D eigenvalue weighted by molar-refractivity contribution is 5.95. The molecule has 0 aliphatic carbocycles. The normalized spacial score (nSPS) is 13.4. The van der Waals surface area contributed by atoms with Crippen LogP contribution in [0.5, 0.6) is 0 Å². The molecule has 1 aliphatic heterocycles. The van der Waals surface area contributed by atoms with Gasteiger partial charge in [-0.3, -0.25) is 14.9 Å². The molecule has 1 aromatic heterocycles. The number of nitrogens with zero attached hydrogens (tertiary/aromatic N) is 5. The molecule has 0 unspecified atom stereocenters. The topological polar surface area (TPSA) is 92.5 Å². The SMILES string of the molecule is Cc1cccc(Cc2c(C)nc(-c3ccccc3)nc2N2CCN(C(=O)c3cccc([N+](=O)[O-])c3)CC2)c1. The Kier molecular flexibility index (Phi) is 7.13. The lowest BCUT2D eigenvalue weighted by molar-refractivity contribution is -0.384. The summed E-state index contributed by atoms with van der Waals surface area (Å²) in [4.78, 5) is 37.7. The van der Waals surface area contributed by atoms with Crippen molar-refractivity contribution in [1.82, 2.24) is 14.9 Å². The van der Waals surface area contributed by atoms with Gasteiger partial charge in [-0.25, -0.2) is 9.97 Å². The fourth-order valence-electron chi connectivity index (χ4n) is 4.85. The van der Waals surface area contributed by atoms with E-state index in [1.807, 2.05) is 37.3 Å². The van der Waals surface area contributed by atoms with E-state index in [0.29, 0.717) is 44.0 Å². The Morgan fingerprint density at radius 1 is 0.895 bits per heavy atom. The third-order valence-corrected chi connectivity index (χ3v) is 6.86. The minimum absolute atomic E-state index is 0.0832. The van der Waals surface area contributed by atoms with E-state index in [4.69, 9.17) is 9.97 Å². The zero-order valence-corrected chi connectivity index (χ0v) is 21.5. The first-order valence-corrected chi connectivity index (χ1v) is 12.7. The number of amides is 1. The Morgan fingerprint density at radius 2 is 1.63 bits per heavy atom. The maximum absolute atomic E-state index is 13.1. The van der Waals surface area contributed by atoms with Gasteiger partial charge in [-0.05, 0) is 25.5 Å². The molecule has 0 saturated carbocycles. The number of rotatable bonds is 6. The Hall–Kier alpha value is -4.59. The van der Waals surface area contributed by atoms with Crippen LogP contribution in [0, 0.1) is 24.0 Å². The highest BCUT2D eigenvalue weighted by atomic mass is 16.6. The van der Waals surface area contributed by atoms with Crippen LogP contribution in [0.1, 0.15) is 32.7 Å². The molecule has 5 rings (SSSR count). The number of non-ortho nitro benzene ring substituents is 1. The largest absolute Gasteiger partial charge is 0.353 e. The van der Waals surface area contributed by atoms with Crippen LogP contribution in [-0.2, 0) is 6.42 Å². The number of piperazine rings is 1. The Labute approximate surface area is 221 Å². The standard InChI is InChI=1S/C30H29N5O3/c1-21-8-6-9-23(18-21)19-27-22(2)31-28(24-10-4-3-5-11-24)32-29(27)33-14-16-34(17-15-33)30(36)25-12-7-13-26(20-25)35(37)38/h3-13,18,20H,14-17,19H2,1-2H3. The van der Waals surface area contributed by atoms with E-state index >= 15 is 0 Å². The molecule has 1 saturated heterocycles. The van der Waals surface area contributed by atoms with Gasteiger partial charge >= 0.3 is 0 Å². The summed E-state index contributed by atoms with van der Waals surface area (Å²) in [5.74, 6) is 1.37. The first-order valence-electron chi connectivity index (χ1n) is 12.7. The smallest absolute Gasteiger partial charge is 0.270 e. The van der Waals surface area contributed by atoms with Crippen molar-refractivity contribution < 1.29 is 9.72 Å². The van der Waals surface area contributed by atoms with Crippen LogP contribution in [-0.4, -0.2) is 51.9 Å². The molecule has 0 N–H and O–H groups in total. The molecule has 2 heterocycles. The van der Waals surface area contributed by atoms with Gasteiger partial charge in [0.25, 0.3) is 11.6 Å². The van der Waals surface area contributed by atoms with E-state index in [1.54, 1.807) is 17.0 Å². The number of benzene rings is 3. The van der Waals surface area contributed by atoms with Crippen LogP contribution < -0.4 is 4.90 Å². The Balaban J connectivity index is 1.42. The fourth-order valence-corrected chi connectivity index (χ4v) is 4.85. The zero-order chi connectivity index (χ0) is 26.6. The molecular weight excluding hydrogens is 478 g/mol. The maximum atomic E-state index is 13.1. The zero-order valence-electron chi connectivity index (χ0n) is 21.5. The van der Waals surface area contributed by atoms with Gasteiger partial charge in [0, 0.05) is 67.1 Å². The summed E-state index contributed by atoms with van der Waals surface area (Å²) in [7, 11) is 0. The first kappa shape index (κ1) is 25.1. The van der Waals surface area contributed by atoms with E-state index in [9.17, 15) is 14.9 Å². The number of hydrogen-bond donors (Lipinski definition) is 0. The van der Waals surface area contributed by atoms with Crippen LogP contribution in [0.2, 0.25) is 0 Å². The summed E-state index contributed by atoms with van der Waals surface area (Å²) in [6.45, 7) is 6.32. The predicted octanol–water partition coefficient (Wildman–Crippen LogP) is 5.22. The van der Waals surface area contributed by atoms with Gasteiger partial charge in [-0.15, -0.1) is 0 Å². The Morgan fingerprint density at radius 3 is 2.34 bits per heavy atom. The Bertz CT molecular complexity index is 1480. The molecule has 8 heteroatoms. The summed E-state index contributed by atoms with van der Waals surface area (Å²) in [5.41, 5.74) is 5.62. The number of aryl methyl sites for hydroxylation is 2. The molecule has 8 nitrogen and oxygen atoms in total. The lowest BCUT2D eigenvalue weighted by Gasteiger charge is -2.36. The monoisotopic (exact) mass is 507 g/mol. The number of anilines is 1. The van der Waals surface area contributed by atoms with Gasteiger partial charge in [0.2, 0.25) is 0 Å². The molecule has 0 bridgehead atoms. The van der Waals surface area contributed by atoms with Gasteiger partial charge in [0.05, 0.1) is 4.92 Å². The van der Waals surface area contributed by atoms with Crippen LogP contribution in [0.4, 0.5) is 11.5 Å².